The Morgan fingerprint density at radius 2 is 1.72 bits per heavy atom. The average molecular weight is 359 g/mol. The third-order valence-electron chi connectivity index (χ3n) is 2.52. The summed E-state index contributed by atoms with van der Waals surface area (Å²) >= 11 is 17.2. The summed E-state index contributed by atoms with van der Waals surface area (Å²) in [4.78, 5) is 4.58. The van der Waals surface area contributed by atoms with E-state index < -0.39 is 0 Å². The van der Waals surface area contributed by atoms with Gasteiger partial charge < -0.3 is 0 Å². The summed E-state index contributed by atoms with van der Waals surface area (Å²) in [5, 5.41) is 2.11. The van der Waals surface area contributed by atoms with E-state index in [9.17, 15) is 0 Å². The number of halogens is 3. The van der Waals surface area contributed by atoms with Gasteiger partial charge in [0.25, 0.3) is 0 Å². The van der Waals surface area contributed by atoms with E-state index in [1.54, 1.807) is 11.3 Å². The smallest absolute Gasteiger partial charge is 0.124 e. The molecule has 0 aliphatic rings. The molecule has 0 atom stereocenters. The van der Waals surface area contributed by atoms with Crippen molar-refractivity contribution in [2.24, 2.45) is 0 Å². The van der Waals surface area contributed by atoms with Crippen LogP contribution in [0.25, 0.3) is 20.8 Å². The van der Waals surface area contributed by atoms with Gasteiger partial charge in [0.15, 0.2) is 0 Å². The van der Waals surface area contributed by atoms with Gasteiger partial charge in [-0.25, -0.2) is 4.98 Å². The lowest BCUT2D eigenvalue weighted by Gasteiger charge is -2.02. The van der Waals surface area contributed by atoms with E-state index >= 15 is 0 Å². The molecule has 0 amide bonds. The highest BCUT2D eigenvalue weighted by atomic mass is 79.9. The van der Waals surface area contributed by atoms with E-state index in [2.05, 4.69) is 27.0 Å². The van der Waals surface area contributed by atoms with E-state index in [4.69, 9.17) is 23.2 Å². The fourth-order valence-electron chi connectivity index (χ4n) is 1.67. The molecule has 5 heteroatoms. The van der Waals surface area contributed by atoms with Gasteiger partial charge in [-0.3, -0.25) is 0 Å². The second-order valence-corrected chi connectivity index (χ2v) is 6.38. The molecule has 0 bridgehead atoms. The molecule has 3 rings (SSSR count). The molecule has 0 saturated carbocycles. The molecule has 1 nitrogen and oxygen atoms in total. The Hall–Kier alpha value is -0.610. The Morgan fingerprint density at radius 1 is 1.06 bits per heavy atom. The minimum Gasteiger partial charge on any atom is -0.236 e. The van der Waals surface area contributed by atoms with Crippen LogP contribution >= 0.6 is 50.5 Å². The maximum atomic E-state index is 6.11. The van der Waals surface area contributed by atoms with Crippen molar-refractivity contribution < 1.29 is 0 Å². The van der Waals surface area contributed by atoms with Crippen molar-refractivity contribution in [2.45, 2.75) is 0 Å². The topological polar surface area (TPSA) is 12.9 Å². The molecular weight excluding hydrogens is 353 g/mol. The number of aromatic nitrogens is 1. The van der Waals surface area contributed by atoms with Gasteiger partial charge in [-0.05, 0) is 40.2 Å². The Morgan fingerprint density at radius 3 is 2.39 bits per heavy atom. The Labute approximate surface area is 127 Å². The van der Waals surface area contributed by atoms with Gasteiger partial charge in [0, 0.05) is 5.56 Å². The molecule has 0 aliphatic carbocycles. The second-order valence-electron chi connectivity index (χ2n) is 3.74. The number of benzene rings is 2. The third kappa shape index (κ3) is 2.16. The van der Waals surface area contributed by atoms with Crippen molar-refractivity contribution in [1.82, 2.24) is 4.98 Å². The largest absolute Gasteiger partial charge is 0.236 e. The molecule has 1 aromatic heterocycles. The maximum Gasteiger partial charge on any atom is 0.124 e. The van der Waals surface area contributed by atoms with Gasteiger partial charge in [-0.2, -0.15) is 0 Å². The van der Waals surface area contributed by atoms with Crippen molar-refractivity contribution in [3.05, 3.63) is 50.9 Å². The van der Waals surface area contributed by atoms with Crippen molar-refractivity contribution in [3.63, 3.8) is 0 Å². The first kappa shape index (κ1) is 12.4. The van der Waals surface area contributed by atoms with Crippen molar-refractivity contribution in [2.75, 3.05) is 0 Å². The number of fused-ring (bicyclic) bond motifs is 1. The minimum absolute atomic E-state index is 0.594. The van der Waals surface area contributed by atoms with Gasteiger partial charge in [-0.1, -0.05) is 35.3 Å². The van der Waals surface area contributed by atoms with Crippen LogP contribution in [-0.4, -0.2) is 4.98 Å². The van der Waals surface area contributed by atoms with Crippen LogP contribution in [0.3, 0.4) is 0 Å². The fraction of sp³-hybridized carbons (Fsp3) is 0. The van der Waals surface area contributed by atoms with Crippen LogP contribution in [0.15, 0.2) is 40.9 Å². The summed E-state index contributed by atoms with van der Waals surface area (Å²) in [6.07, 6.45) is 0. The van der Waals surface area contributed by atoms with Crippen molar-refractivity contribution in [3.8, 4) is 10.6 Å². The van der Waals surface area contributed by atoms with Crippen LogP contribution in [0.1, 0.15) is 0 Å². The predicted octanol–water partition coefficient (Wildman–Crippen LogP) is 6.03. The number of nitrogens with zero attached hydrogens (tertiary/aromatic N) is 1. The van der Waals surface area contributed by atoms with E-state index in [-0.39, 0.29) is 0 Å². The van der Waals surface area contributed by atoms with Crippen LogP contribution in [0.2, 0.25) is 10.0 Å². The molecule has 1 heterocycles. The van der Waals surface area contributed by atoms with E-state index in [0.717, 1.165) is 25.3 Å². The average Bonchev–Trinajstić information content (AvgIpc) is 2.79. The molecule has 0 spiro atoms. The molecule has 2 aromatic carbocycles. The van der Waals surface area contributed by atoms with Gasteiger partial charge in [0.1, 0.15) is 5.01 Å². The molecule has 18 heavy (non-hydrogen) atoms. The molecular formula is C13H6BrCl2NS. The molecule has 3 aromatic rings. The van der Waals surface area contributed by atoms with Crippen molar-refractivity contribution in [1.29, 1.82) is 0 Å². The summed E-state index contributed by atoms with van der Waals surface area (Å²) in [5.41, 5.74) is 1.93. The SMILES string of the molecule is Clc1cc(-c2nc3ccccc3s2)cc(Cl)c1Br. The molecule has 0 N–H and O–H groups in total. The number of hydrogen-bond donors (Lipinski definition) is 0. The predicted molar refractivity (Wildman–Crippen MR) is 82.8 cm³/mol. The van der Waals surface area contributed by atoms with Gasteiger partial charge in [0.2, 0.25) is 0 Å². The van der Waals surface area contributed by atoms with Gasteiger partial charge >= 0.3 is 0 Å². The normalized spacial score (nSPS) is 11.1. The zero-order chi connectivity index (χ0) is 12.7. The third-order valence-corrected chi connectivity index (χ3v) is 5.52. The molecule has 90 valence electrons. The first-order valence-electron chi connectivity index (χ1n) is 5.15. The molecule has 0 fully saturated rings. The van der Waals surface area contributed by atoms with E-state index in [1.807, 2.05) is 30.3 Å². The quantitative estimate of drug-likeness (QED) is 0.483. The Balaban J connectivity index is 2.20. The number of thiazole rings is 1. The number of hydrogen-bond acceptors (Lipinski definition) is 2. The first-order valence-corrected chi connectivity index (χ1v) is 7.52. The minimum atomic E-state index is 0.594. The highest BCUT2D eigenvalue weighted by Gasteiger charge is 2.10. The van der Waals surface area contributed by atoms with Crippen LogP contribution in [0.5, 0.6) is 0 Å². The monoisotopic (exact) mass is 357 g/mol. The number of rotatable bonds is 1. The molecule has 0 saturated heterocycles. The summed E-state index contributed by atoms with van der Waals surface area (Å²) in [5.74, 6) is 0. The van der Waals surface area contributed by atoms with Gasteiger partial charge in [-0.15, -0.1) is 11.3 Å². The van der Waals surface area contributed by atoms with Gasteiger partial charge in [0.05, 0.1) is 24.7 Å². The summed E-state index contributed by atoms with van der Waals surface area (Å²) in [6.45, 7) is 0. The lowest BCUT2D eigenvalue weighted by Crippen LogP contribution is -1.79. The second kappa shape index (κ2) is 4.82. The highest BCUT2D eigenvalue weighted by molar-refractivity contribution is 9.10. The Bertz CT molecular complexity index is 683. The van der Waals surface area contributed by atoms with E-state index in [1.165, 1.54) is 0 Å². The zero-order valence-corrected chi connectivity index (χ0v) is 12.9. The summed E-state index contributed by atoms with van der Waals surface area (Å²) in [7, 11) is 0. The Kier molecular flexibility index (Phi) is 3.32. The summed E-state index contributed by atoms with van der Waals surface area (Å²) < 4.78 is 1.87. The molecule has 0 radical (unpaired) electrons. The lowest BCUT2D eigenvalue weighted by atomic mass is 10.2. The summed E-state index contributed by atoms with van der Waals surface area (Å²) in [6, 6.07) is 11.8. The highest BCUT2D eigenvalue weighted by Crippen LogP contribution is 2.37. The molecule has 0 aliphatic heterocycles. The standard InChI is InChI=1S/C13H6BrCl2NS/c14-12-8(15)5-7(6-9(12)16)13-17-10-3-1-2-4-11(10)18-13/h1-6H. The number of para-hydroxylation sites is 1. The fourth-order valence-corrected chi connectivity index (χ4v) is 3.34. The zero-order valence-electron chi connectivity index (χ0n) is 8.95. The first-order chi connectivity index (χ1) is 8.65. The van der Waals surface area contributed by atoms with Crippen LogP contribution in [-0.2, 0) is 0 Å². The van der Waals surface area contributed by atoms with Crippen LogP contribution in [0, 0.1) is 0 Å². The maximum absolute atomic E-state index is 6.11. The van der Waals surface area contributed by atoms with Crippen molar-refractivity contribution >= 4 is 60.7 Å². The lowest BCUT2D eigenvalue weighted by molar-refractivity contribution is 1.47. The van der Waals surface area contributed by atoms with E-state index in [0.29, 0.717) is 10.0 Å². The van der Waals surface area contributed by atoms with Crippen LogP contribution < -0.4 is 0 Å². The van der Waals surface area contributed by atoms with Crippen LogP contribution in [0.4, 0.5) is 0 Å². The molecule has 0 unspecified atom stereocenters.